The first-order chi connectivity index (χ1) is 20.8. The van der Waals surface area contributed by atoms with E-state index in [4.69, 9.17) is 9.72 Å². The summed E-state index contributed by atoms with van der Waals surface area (Å²) in [6.07, 6.45) is 11.9. The molecule has 2 unspecified atom stereocenters. The van der Waals surface area contributed by atoms with Crippen LogP contribution in [0.3, 0.4) is 0 Å². The Morgan fingerprint density at radius 2 is 1.81 bits per heavy atom. The molecule has 10 heteroatoms. The molecule has 3 fully saturated rings. The Morgan fingerprint density at radius 3 is 2.49 bits per heavy atom. The van der Waals surface area contributed by atoms with E-state index >= 15 is 0 Å². The number of nitrogens with zero attached hydrogens (tertiary/aromatic N) is 8. The summed E-state index contributed by atoms with van der Waals surface area (Å²) in [6, 6.07) is 15.4. The van der Waals surface area contributed by atoms with Crippen LogP contribution in [-0.4, -0.2) is 66.9 Å². The fourth-order valence-electron chi connectivity index (χ4n) is 6.21. The largest absolute Gasteiger partial charge is 0.481 e. The smallest absolute Gasteiger partial charge is 0.212 e. The summed E-state index contributed by atoms with van der Waals surface area (Å²) in [4.78, 5) is 18.5. The number of piperazine rings is 1. The number of aliphatic hydroxyl groups is 1. The van der Waals surface area contributed by atoms with Crippen molar-refractivity contribution in [3.8, 4) is 34.2 Å². The van der Waals surface area contributed by atoms with E-state index in [2.05, 4.69) is 49.1 Å². The number of rotatable bonds is 7. The molecule has 2 bridgehead atoms. The number of piperidine rings is 1. The van der Waals surface area contributed by atoms with E-state index in [1.54, 1.807) is 44.1 Å². The van der Waals surface area contributed by atoms with Crippen molar-refractivity contribution in [2.24, 2.45) is 0 Å². The molecule has 1 N–H and O–H groups in total. The monoisotopic (exact) mass is 572 g/mol. The highest BCUT2D eigenvalue weighted by molar-refractivity contribution is 5.87. The zero-order valence-corrected chi connectivity index (χ0v) is 24.3. The van der Waals surface area contributed by atoms with Gasteiger partial charge >= 0.3 is 0 Å². The van der Waals surface area contributed by atoms with Crippen molar-refractivity contribution in [1.82, 2.24) is 29.5 Å². The molecule has 8 heterocycles. The molecule has 10 nitrogen and oxygen atoms in total. The van der Waals surface area contributed by atoms with E-state index in [0.717, 1.165) is 58.8 Å². The Morgan fingerprint density at radius 1 is 0.977 bits per heavy atom. The molecule has 43 heavy (non-hydrogen) atoms. The molecule has 0 aliphatic carbocycles. The Balaban J connectivity index is 1.14. The van der Waals surface area contributed by atoms with Crippen LogP contribution in [0.1, 0.15) is 37.0 Å². The maximum atomic E-state index is 10.5. The second-order valence-electron chi connectivity index (χ2n) is 11.9. The number of fused-ring (bicyclic) bond motifs is 3. The first-order valence-electron chi connectivity index (χ1n) is 14.4. The highest BCUT2D eigenvalue weighted by Crippen LogP contribution is 2.37. The van der Waals surface area contributed by atoms with Crippen molar-refractivity contribution < 1.29 is 9.84 Å². The van der Waals surface area contributed by atoms with Crippen molar-refractivity contribution in [2.75, 3.05) is 25.1 Å². The Hall–Kier alpha value is -4.85. The minimum Gasteiger partial charge on any atom is -0.481 e. The molecular formula is C33H32N8O2. The van der Waals surface area contributed by atoms with Gasteiger partial charge in [0.2, 0.25) is 5.88 Å². The first-order valence-corrected chi connectivity index (χ1v) is 14.4. The lowest BCUT2D eigenvalue weighted by atomic mass is 9.87. The van der Waals surface area contributed by atoms with Crippen molar-refractivity contribution >= 4 is 11.3 Å². The van der Waals surface area contributed by atoms with Gasteiger partial charge in [0, 0.05) is 96.6 Å². The molecule has 0 radical (unpaired) electrons. The molecule has 2 atom stereocenters. The van der Waals surface area contributed by atoms with Gasteiger partial charge in [-0.05, 0) is 50.1 Å². The lowest BCUT2D eigenvalue weighted by Crippen LogP contribution is -2.68. The number of hydrogen-bond donors (Lipinski definition) is 1. The van der Waals surface area contributed by atoms with Crippen LogP contribution < -0.4 is 9.64 Å². The molecule has 0 aromatic carbocycles. The topological polar surface area (TPSA) is 116 Å². The maximum Gasteiger partial charge on any atom is 0.212 e. The van der Waals surface area contributed by atoms with Crippen LogP contribution in [0.5, 0.6) is 5.88 Å². The third-order valence-electron chi connectivity index (χ3n) is 8.61. The Labute approximate surface area is 249 Å². The molecule has 5 aromatic heterocycles. The molecule has 3 saturated heterocycles. The lowest BCUT2D eigenvalue weighted by molar-refractivity contribution is -0.00876. The first kappa shape index (κ1) is 27.0. The Bertz CT molecular complexity index is 1820. The fourth-order valence-corrected chi connectivity index (χ4v) is 6.21. The minimum absolute atomic E-state index is 0.483. The van der Waals surface area contributed by atoms with Crippen LogP contribution in [0.25, 0.3) is 27.8 Å². The summed E-state index contributed by atoms with van der Waals surface area (Å²) >= 11 is 0. The molecular weight excluding hydrogens is 540 g/mol. The van der Waals surface area contributed by atoms with Crippen LogP contribution in [0.4, 0.5) is 5.82 Å². The number of ether oxygens (including phenoxy) is 1. The molecule has 5 aromatic rings. The Kier molecular flexibility index (Phi) is 6.57. The number of aromatic nitrogens is 5. The molecule has 216 valence electrons. The quantitative estimate of drug-likeness (QED) is 0.302. The third-order valence-corrected chi connectivity index (χ3v) is 8.61. The summed E-state index contributed by atoms with van der Waals surface area (Å²) in [7, 11) is 1.63. The van der Waals surface area contributed by atoms with E-state index in [1.165, 1.54) is 12.0 Å². The number of pyridine rings is 4. The van der Waals surface area contributed by atoms with Gasteiger partial charge in [-0.1, -0.05) is 6.07 Å². The van der Waals surface area contributed by atoms with Crippen LogP contribution >= 0.6 is 0 Å². The molecule has 8 rings (SSSR count). The van der Waals surface area contributed by atoms with E-state index in [-0.39, 0.29) is 0 Å². The van der Waals surface area contributed by atoms with Crippen LogP contribution in [0.15, 0.2) is 73.6 Å². The van der Waals surface area contributed by atoms with Gasteiger partial charge in [-0.25, -0.2) is 14.5 Å². The van der Waals surface area contributed by atoms with Gasteiger partial charge in [-0.3, -0.25) is 9.88 Å². The zero-order chi connectivity index (χ0) is 29.7. The second-order valence-corrected chi connectivity index (χ2v) is 11.9. The lowest BCUT2D eigenvalue weighted by Gasteiger charge is -2.56. The number of methoxy groups -OCH3 is 1. The predicted octanol–water partition coefficient (Wildman–Crippen LogP) is 4.42. The highest BCUT2D eigenvalue weighted by atomic mass is 16.5. The van der Waals surface area contributed by atoms with E-state index < -0.39 is 5.60 Å². The molecule has 3 aliphatic rings. The van der Waals surface area contributed by atoms with E-state index in [9.17, 15) is 10.4 Å². The van der Waals surface area contributed by atoms with Crippen molar-refractivity contribution in [1.29, 1.82) is 5.26 Å². The number of nitriles is 1. The van der Waals surface area contributed by atoms with E-state index in [1.807, 2.05) is 36.8 Å². The van der Waals surface area contributed by atoms with Crippen LogP contribution in [0.2, 0.25) is 0 Å². The average Bonchev–Trinajstić information content (AvgIpc) is 3.46. The van der Waals surface area contributed by atoms with Gasteiger partial charge < -0.3 is 14.7 Å². The third kappa shape index (κ3) is 4.96. The summed E-state index contributed by atoms with van der Waals surface area (Å²) < 4.78 is 6.93. The normalized spacial score (nSPS) is 18.3. The molecule has 0 spiro atoms. The van der Waals surface area contributed by atoms with Gasteiger partial charge in [-0.15, -0.1) is 0 Å². The molecule has 0 saturated carbocycles. The summed E-state index contributed by atoms with van der Waals surface area (Å²) in [5.74, 6) is 1.59. The number of anilines is 1. The number of hydrogen-bond acceptors (Lipinski definition) is 9. The van der Waals surface area contributed by atoms with Gasteiger partial charge in [0.15, 0.2) is 0 Å². The summed E-state index contributed by atoms with van der Waals surface area (Å²) in [5.41, 5.74) is 5.61. The van der Waals surface area contributed by atoms with Crippen molar-refractivity contribution in [3.05, 3.63) is 90.3 Å². The summed E-state index contributed by atoms with van der Waals surface area (Å²) in [5, 5.41) is 24.8. The van der Waals surface area contributed by atoms with Gasteiger partial charge in [0.05, 0.1) is 30.0 Å². The van der Waals surface area contributed by atoms with Gasteiger partial charge in [0.1, 0.15) is 11.9 Å². The molecule has 3 aliphatic heterocycles. The van der Waals surface area contributed by atoms with Crippen LogP contribution in [-0.2, 0) is 12.1 Å². The standard InChI is InChI=1S/C33H32N8O2/c1-33(2,42)26-8-23(13-35-16-26)24-9-29(32-25(11-34)15-38-41(32)18-24)22-5-6-30(36-14-22)39-19-27-10-28(20-39)40(27)17-21-4-7-31(43-3)37-12-21/h4-9,12-16,18,27-28,42H,10,17,19-20H2,1-3H3. The highest BCUT2D eigenvalue weighted by Gasteiger charge is 2.44. The van der Waals surface area contributed by atoms with Crippen molar-refractivity contribution in [3.63, 3.8) is 0 Å². The van der Waals surface area contributed by atoms with Gasteiger partial charge in [-0.2, -0.15) is 10.4 Å². The van der Waals surface area contributed by atoms with Gasteiger partial charge in [0.25, 0.3) is 0 Å². The fraction of sp³-hybridized carbons (Fsp3) is 0.303. The summed E-state index contributed by atoms with van der Waals surface area (Å²) in [6.45, 7) is 6.23. The van der Waals surface area contributed by atoms with E-state index in [0.29, 0.717) is 23.5 Å². The predicted molar refractivity (Wildman–Crippen MR) is 162 cm³/mol. The SMILES string of the molecule is COc1ccc(CN2C3CC2CN(c2ccc(-c4cc(-c5cncc(C(C)(C)O)c5)cn5ncc(C#N)c45)cn2)C3)cn1. The van der Waals surface area contributed by atoms with Crippen molar-refractivity contribution in [2.45, 2.75) is 44.5 Å². The second kappa shape index (κ2) is 10.5. The zero-order valence-electron chi connectivity index (χ0n) is 24.3. The maximum absolute atomic E-state index is 10.5. The average molecular weight is 573 g/mol. The minimum atomic E-state index is -1.02. The molecule has 0 amide bonds. The van der Waals surface area contributed by atoms with Crippen LogP contribution in [0, 0.1) is 11.3 Å².